The molecular weight excluding hydrogens is 386 g/mol. The van der Waals surface area contributed by atoms with Crippen LogP contribution in [-0.4, -0.2) is 47.0 Å². The molecule has 2 aromatic rings. The van der Waals surface area contributed by atoms with Gasteiger partial charge in [0.15, 0.2) is 11.6 Å². The van der Waals surface area contributed by atoms with E-state index in [1.807, 2.05) is 0 Å². The van der Waals surface area contributed by atoms with Crippen molar-refractivity contribution in [3.05, 3.63) is 63.3 Å². The van der Waals surface area contributed by atoms with Crippen molar-refractivity contribution in [3.63, 3.8) is 0 Å². The molecule has 0 radical (unpaired) electrons. The molecule has 0 unspecified atom stereocenters. The monoisotopic (exact) mass is 406 g/mol. The highest BCUT2D eigenvalue weighted by Gasteiger charge is 2.25. The van der Waals surface area contributed by atoms with Crippen LogP contribution in [0.5, 0.6) is 0 Å². The highest BCUT2D eigenvalue weighted by Crippen LogP contribution is 2.26. The molecule has 1 aliphatic heterocycles. The number of benzene rings is 1. The van der Waals surface area contributed by atoms with Gasteiger partial charge in [0.25, 0.3) is 0 Å². The van der Waals surface area contributed by atoms with Crippen molar-refractivity contribution < 1.29 is 23.2 Å². The van der Waals surface area contributed by atoms with Gasteiger partial charge in [-0.1, -0.05) is 6.07 Å². The largest absolute Gasteiger partial charge is 0.465 e. The lowest BCUT2D eigenvalue weighted by Gasteiger charge is -2.32. The van der Waals surface area contributed by atoms with Crippen molar-refractivity contribution in [2.75, 3.05) is 25.5 Å². The number of piperidine rings is 1. The summed E-state index contributed by atoms with van der Waals surface area (Å²) in [6, 6.07) is 4.96. The van der Waals surface area contributed by atoms with E-state index in [4.69, 9.17) is 0 Å². The number of hydrogen-bond donors (Lipinski definition) is 1. The second-order valence-electron chi connectivity index (χ2n) is 6.78. The van der Waals surface area contributed by atoms with E-state index in [1.54, 1.807) is 6.07 Å². The molecule has 8 nitrogen and oxygen atoms in total. The number of esters is 1. The van der Waals surface area contributed by atoms with Crippen LogP contribution in [0.15, 0.2) is 30.5 Å². The maximum atomic E-state index is 13.3. The van der Waals surface area contributed by atoms with Crippen LogP contribution in [0.2, 0.25) is 0 Å². The van der Waals surface area contributed by atoms with Gasteiger partial charge >= 0.3 is 11.7 Å². The number of likely N-dealkylation sites (tertiary alicyclic amines) is 1. The van der Waals surface area contributed by atoms with Gasteiger partial charge < -0.3 is 10.1 Å². The fourth-order valence-corrected chi connectivity index (χ4v) is 3.26. The van der Waals surface area contributed by atoms with Crippen molar-refractivity contribution in [2.24, 2.45) is 0 Å². The number of rotatable bonds is 6. The third-order valence-electron chi connectivity index (χ3n) is 4.80. The average molecular weight is 406 g/mol. The first-order valence-corrected chi connectivity index (χ1v) is 9.03. The first kappa shape index (κ1) is 20.6. The second kappa shape index (κ2) is 8.91. The van der Waals surface area contributed by atoms with Crippen molar-refractivity contribution in [1.82, 2.24) is 9.88 Å². The average Bonchev–Trinajstić information content (AvgIpc) is 2.71. The fourth-order valence-electron chi connectivity index (χ4n) is 3.26. The number of anilines is 1. The van der Waals surface area contributed by atoms with Crippen LogP contribution in [0, 0.1) is 21.7 Å². The molecule has 1 aliphatic rings. The zero-order valence-electron chi connectivity index (χ0n) is 15.7. The lowest BCUT2D eigenvalue weighted by atomic mass is 10.0. The SMILES string of the molecule is COC(=O)c1cnc(NC2CCN(Cc3ccc(F)c(F)c3)CC2)c([N+](=O)[O-])c1. The van der Waals surface area contributed by atoms with Gasteiger partial charge in [0.1, 0.15) is 0 Å². The molecule has 0 amide bonds. The van der Waals surface area contributed by atoms with Gasteiger partial charge in [-0.2, -0.15) is 0 Å². The Morgan fingerprint density at radius 1 is 1.31 bits per heavy atom. The van der Waals surface area contributed by atoms with Crippen LogP contribution >= 0.6 is 0 Å². The molecule has 3 rings (SSSR count). The van der Waals surface area contributed by atoms with Crippen LogP contribution in [0.3, 0.4) is 0 Å². The number of nitrogens with zero attached hydrogens (tertiary/aromatic N) is 3. The van der Waals surface area contributed by atoms with E-state index in [0.29, 0.717) is 38.0 Å². The van der Waals surface area contributed by atoms with Crippen molar-refractivity contribution in [1.29, 1.82) is 0 Å². The highest BCUT2D eigenvalue weighted by molar-refractivity contribution is 5.90. The number of nitrogens with one attached hydrogen (secondary N) is 1. The number of methoxy groups -OCH3 is 1. The van der Waals surface area contributed by atoms with Gasteiger partial charge in [-0.05, 0) is 30.5 Å². The van der Waals surface area contributed by atoms with Gasteiger partial charge in [-0.3, -0.25) is 15.0 Å². The number of halogens is 2. The number of carbonyl (C=O) groups excluding carboxylic acids is 1. The van der Waals surface area contributed by atoms with E-state index in [1.165, 1.54) is 19.4 Å². The predicted octanol–water partition coefficient (Wildman–Crippen LogP) is 3.13. The molecule has 0 atom stereocenters. The van der Waals surface area contributed by atoms with E-state index >= 15 is 0 Å². The Labute approximate surface area is 165 Å². The third kappa shape index (κ3) is 5.02. The van der Waals surface area contributed by atoms with E-state index in [9.17, 15) is 23.7 Å². The highest BCUT2D eigenvalue weighted by atomic mass is 19.2. The standard InChI is InChI=1S/C19H20F2N4O4/c1-29-19(26)13-9-17(25(27)28)18(22-10-13)23-14-4-6-24(7-5-14)11-12-2-3-15(20)16(21)8-12/h2-3,8-10,14H,4-7,11H2,1H3,(H,22,23). The molecule has 1 aromatic heterocycles. The van der Waals surface area contributed by atoms with Crippen LogP contribution < -0.4 is 5.32 Å². The maximum absolute atomic E-state index is 13.3. The molecule has 0 bridgehead atoms. The number of pyridine rings is 1. The van der Waals surface area contributed by atoms with Crippen LogP contribution in [0.4, 0.5) is 20.3 Å². The number of nitro groups is 1. The molecule has 0 saturated carbocycles. The molecule has 1 aromatic carbocycles. The zero-order chi connectivity index (χ0) is 21.0. The van der Waals surface area contributed by atoms with Gasteiger partial charge in [0, 0.05) is 37.9 Å². The van der Waals surface area contributed by atoms with Crippen LogP contribution in [-0.2, 0) is 11.3 Å². The maximum Gasteiger partial charge on any atom is 0.339 e. The predicted molar refractivity (Wildman–Crippen MR) is 101 cm³/mol. The van der Waals surface area contributed by atoms with Crippen molar-refractivity contribution in [3.8, 4) is 0 Å². The Kier molecular flexibility index (Phi) is 6.32. The summed E-state index contributed by atoms with van der Waals surface area (Å²) in [5.41, 5.74) is 0.397. The van der Waals surface area contributed by atoms with Crippen molar-refractivity contribution >= 4 is 17.5 Å². The van der Waals surface area contributed by atoms with Crippen molar-refractivity contribution in [2.45, 2.75) is 25.4 Å². The minimum absolute atomic E-state index is 0.00565. The Hall–Kier alpha value is -3.14. The van der Waals surface area contributed by atoms with E-state index < -0.39 is 22.5 Å². The molecule has 2 heterocycles. The fraction of sp³-hybridized carbons (Fsp3) is 0.368. The van der Waals surface area contributed by atoms with Gasteiger partial charge in [0.2, 0.25) is 5.82 Å². The Bertz CT molecular complexity index is 917. The lowest BCUT2D eigenvalue weighted by Crippen LogP contribution is -2.38. The lowest BCUT2D eigenvalue weighted by molar-refractivity contribution is -0.384. The first-order valence-electron chi connectivity index (χ1n) is 9.03. The molecule has 154 valence electrons. The number of aromatic nitrogens is 1. The number of ether oxygens (including phenoxy) is 1. The summed E-state index contributed by atoms with van der Waals surface area (Å²) in [5, 5.41) is 14.4. The summed E-state index contributed by atoms with van der Waals surface area (Å²) in [7, 11) is 1.19. The summed E-state index contributed by atoms with van der Waals surface area (Å²) >= 11 is 0. The second-order valence-corrected chi connectivity index (χ2v) is 6.78. The molecular formula is C19H20F2N4O4. The minimum Gasteiger partial charge on any atom is -0.465 e. The van der Waals surface area contributed by atoms with Gasteiger partial charge in [0.05, 0.1) is 17.6 Å². The van der Waals surface area contributed by atoms with E-state index in [0.717, 1.165) is 12.1 Å². The molecule has 0 spiro atoms. The quantitative estimate of drug-likeness (QED) is 0.447. The van der Waals surface area contributed by atoms with Crippen LogP contribution in [0.1, 0.15) is 28.8 Å². The molecule has 10 heteroatoms. The summed E-state index contributed by atoms with van der Waals surface area (Å²) in [5.74, 6) is -2.34. The smallest absolute Gasteiger partial charge is 0.339 e. The van der Waals surface area contributed by atoms with Gasteiger partial charge in [-0.15, -0.1) is 0 Å². The topological polar surface area (TPSA) is 97.6 Å². The summed E-state index contributed by atoms with van der Waals surface area (Å²) in [4.78, 5) is 28.4. The first-order chi connectivity index (χ1) is 13.9. The Balaban J connectivity index is 1.61. The van der Waals surface area contributed by atoms with Crippen LogP contribution in [0.25, 0.3) is 0 Å². The molecule has 1 N–H and O–H groups in total. The molecule has 0 aliphatic carbocycles. The van der Waals surface area contributed by atoms with E-state index in [2.05, 4.69) is 19.9 Å². The summed E-state index contributed by atoms with van der Waals surface area (Å²) < 4.78 is 30.9. The molecule has 29 heavy (non-hydrogen) atoms. The van der Waals surface area contributed by atoms with Gasteiger partial charge in [-0.25, -0.2) is 18.6 Å². The molecule has 1 saturated heterocycles. The van der Waals surface area contributed by atoms with E-state index in [-0.39, 0.29) is 23.1 Å². The minimum atomic E-state index is -0.871. The molecule has 1 fully saturated rings. The zero-order valence-corrected chi connectivity index (χ0v) is 15.7. The third-order valence-corrected chi connectivity index (χ3v) is 4.80. The Morgan fingerprint density at radius 3 is 2.66 bits per heavy atom. The summed E-state index contributed by atoms with van der Waals surface area (Å²) in [6.07, 6.45) is 2.63. The number of hydrogen-bond acceptors (Lipinski definition) is 7. The normalized spacial score (nSPS) is 15.1. The number of carbonyl (C=O) groups is 1. The summed E-state index contributed by atoms with van der Waals surface area (Å²) in [6.45, 7) is 1.87. The Morgan fingerprint density at radius 2 is 2.03 bits per heavy atom.